The van der Waals surface area contributed by atoms with Gasteiger partial charge in [0.05, 0.1) is 0 Å². The molecule has 114 valence electrons. The number of hydrogen-bond acceptors (Lipinski definition) is 2. The van der Waals surface area contributed by atoms with Gasteiger partial charge in [0.2, 0.25) is 0 Å². The molecule has 1 atom stereocenters. The molecule has 0 aromatic heterocycles. The highest BCUT2D eigenvalue weighted by atomic mass is 79.9. The Morgan fingerprint density at radius 1 is 1.30 bits per heavy atom. The molecule has 1 rings (SSSR count). The molecule has 20 heavy (non-hydrogen) atoms. The van der Waals surface area contributed by atoms with Gasteiger partial charge in [0.1, 0.15) is 5.82 Å². The van der Waals surface area contributed by atoms with E-state index in [4.69, 9.17) is 5.73 Å². The van der Waals surface area contributed by atoms with Crippen LogP contribution in [0.2, 0.25) is 0 Å². The standard InChI is InChI=1S/C16H26BrFN2/c1-4-5-6-9-20(12(2)3)16(11-19)14-8-7-13(18)10-15(14)17/h7-8,10,12,16H,4-6,9,11,19H2,1-3H3. The maximum absolute atomic E-state index is 13.2. The molecule has 1 unspecified atom stereocenters. The molecule has 0 aliphatic carbocycles. The average molecular weight is 345 g/mol. The van der Waals surface area contributed by atoms with E-state index in [-0.39, 0.29) is 11.9 Å². The van der Waals surface area contributed by atoms with Gasteiger partial charge in [-0.2, -0.15) is 0 Å². The highest BCUT2D eigenvalue weighted by Crippen LogP contribution is 2.29. The van der Waals surface area contributed by atoms with E-state index in [0.717, 1.165) is 16.6 Å². The van der Waals surface area contributed by atoms with Crippen LogP contribution < -0.4 is 5.73 Å². The third kappa shape index (κ3) is 4.83. The first-order valence-corrected chi connectivity index (χ1v) is 8.21. The monoisotopic (exact) mass is 344 g/mol. The van der Waals surface area contributed by atoms with Crippen molar-refractivity contribution in [3.63, 3.8) is 0 Å². The topological polar surface area (TPSA) is 29.3 Å². The molecule has 0 bridgehead atoms. The van der Waals surface area contributed by atoms with E-state index in [1.807, 2.05) is 6.07 Å². The van der Waals surface area contributed by atoms with Crippen LogP contribution in [0.25, 0.3) is 0 Å². The van der Waals surface area contributed by atoms with Crippen molar-refractivity contribution in [2.24, 2.45) is 5.73 Å². The second-order valence-corrected chi connectivity index (χ2v) is 6.31. The Morgan fingerprint density at radius 2 is 2.00 bits per heavy atom. The van der Waals surface area contributed by atoms with Crippen LogP contribution in [-0.2, 0) is 0 Å². The van der Waals surface area contributed by atoms with Crippen molar-refractivity contribution in [1.29, 1.82) is 0 Å². The fourth-order valence-electron chi connectivity index (χ4n) is 2.53. The molecule has 0 fully saturated rings. The lowest BCUT2D eigenvalue weighted by Gasteiger charge is -2.35. The molecule has 4 heteroatoms. The van der Waals surface area contributed by atoms with Crippen LogP contribution in [0, 0.1) is 5.82 Å². The number of nitrogens with zero attached hydrogens (tertiary/aromatic N) is 1. The van der Waals surface area contributed by atoms with Crippen molar-refractivity contribution in [2.45, 2.75) is 52.1 Å². The number of benzene rings is 1. The van der Waals surface area contributed by atoms with E-state index in [0.29, 0.717) is 12.6 Å². The summed E-state index contributed by atoms with van der Waals surface area (Å²) in [4.78, 5) is 2.41. The van der Waals surface area contributed by atoms with Crippen molar-refractivity contribution >= 4 is 15.9 Å². The summed E-state index contributed by atoms with van der Waals surface area (Å²) in [5.41, 5.74) is 7.07. The maximum Gasteiger partial charge on any atom is 0.124 e. The minimum Gasteiger partial charge on any atom is -0.329 e. The number of halogens is 2. The Bertz CT molecular complexity index is 409. The van der Waals surface area contributed by atoms with Gasteiger partial charge in [0, 0.05) is 23.1 Å². The van der Waals surface area contributed by atoms with Gasteiger partial charge in [0.25, 0.3) is 0 Å². The fourth-order valence-corrected chi connectivity index (χ4v) is 3.15. The number of nitrogens with two attached hydrogens (primary N) is 1. The van der Waals surface area contributed by atoms with Crippen molar-refractivity contribution in [3.05, 3.63) is 34.1 Å². The Hall–Kier alpha value is -0.450. The zero-order valence-corrected chi connectivity index (χ0v) is 14.3. The summed E-state index contributed by atoms with van der Waals surface area (Å²) in [5, 5.41) is 0. The van der Waals surface area contributed by atoms with Crippen LogP contribution in [0.15, 0.2) is 22.7 Å². The molecule has 0 aliphatic heterocycles. The second kappa shape index (κ2) is 8.75. The second-order valence-electron chi connectivity index (χ2n) is 5.46. The van der Waals surface area contributed by atoms with Gasteiger partial charge in [-0.1, -0.05) is 41.8 Å². The number of hydrogen-bond donors (Lipinski definition) is 1. The molecule has 0 saturated carbocycles. The van der Waals surface area contributed by atoms with Crippen LogP contribution >= 0.6 is 15.9 Å². The molecule has 1 aromatic carbocycles. The Morgan fingerprint density at radius 3 is 2.50 bits per heavy atom. The normalized spacial score (nSPS) is 13.2. The number of unbranched alkanes of at least 4 members (excludes halogenated alkanes) is 2. The third-order valence-corrected chi connectivity index (χ3v) is 4.32. The fraction of sp³-hybridized carbons (Fsp3) is 0.625. The smallest absolute Gasteiger partial charge is 0.124 e. The van der Waals surface area contributed by atoms with Crippen LogP contribution in [0.3, 0.4) is 0 Å². The van der Waals surface area contributed by atoms with Crippen LogP contribution in [0.1, 0.15) is 51.6 Å². The van der Waals surface area contributed by atoms with E-state index in [1.165, 1.54) is 31.4 Å². The van der Waals surface area contributed by atoms with E-state index < -0.39 is 0 Å². The van der Waals surface area contributed by atoms with Gasteiger partial charge in [0.15, 0.2) is 0 Å². The minimum atomic E-state index is -0.224. The first-order valence-electron chi connectivity index (χ1n) is 7.42. The molecule has 0 aliphatic rings. The summed E-state index contributed by atoms with van der Waals surface area (Å²) in [6.07, 6.45) is 3.61. The van der Waals surface area contributed by atoms with Gasteiger partial charge in [-0.15, -0.1) is 0 Å². The summed E-state index contributed by atoms with van der Waals surface area (Å²) < 4.78 is 14.0. The van der Waals surface area contributed by atoms with E-state index >= 15 is 0 Å². The SMILES string of the molecule is CCCCCN(C(C)C)C(CN)c1ccc(F)cc1Br. The highest BCUT2D eigenvalue weighted by Gasteiger charge is 2.23. The molecule has 0 amide bonds. The lowest BCUT2D eigenvalue weighted by atomic mass is 10.0. The maximum atomic E-state index is 13.2. The lowest BCUT2D eigenvalue weighted by molar-refractivity contribution is 0.153. The molecule has 1 aromatic rings. The first kappa shape index (κ1) is 17.6. The van der Waals surface area contributed by atoms with Gasteiger partial charge in [-0.25, -0.2) is 4.39 Å². The van der Waals surface area contributed by atoms with Gasteiger partial charge >= 0.3 is 0 Å². The molecule has 2 N–H and O–H groups in total. The predicted octanol–water partition coefficient (Wildman–Crippen LogP) is 4.49. The highest BCUT2D eigenvalue weighted by molar-refractivity contribution is 9.10. The lowest BCUT2D eigenvalue weighted by Crippen LogP contribution is -2.39. The van der Waals surface area contributed by atoms with Crippen molar-refractivity contribution in [3.8, 4) is 0 Å². The molecular formula is C16H26BrFN2. The summed E-state index contributed by atoms with van der Waals surface area (Å²) in [6.45, 7) is 8.14. The Kier molecular flexibility index (Phi) is 7.70. The largest absolute Gasteiger partial charge is 0.329 e. The van der Waals surface area contributed by atoms with Crippen LogP contribution in [0.4, 0.5) is 4.39 Å². The van der Waals surface area contributed by atoms with Gasteiger partial charge < -0.3 is 5.73 Å². The molecule has 0 heterocycles. The summed E-state index contributed by atoms with van der Waals surface area (Å²) in [6, 6.07) is 5.40. The van der Waals surface area contributed by atoms with E-state index in [2.05, 4.69) is 41.6 Å². The molecule has 0 spiro atoms. The van der Waals surface area contributed by atoms with Crippen LogP contribution in [-0.4, -0.2) is 24.0 Å². The molecule has 0 saturated heterocycles. The van der Waals surface area contributed by atoms with Crippen molar-refractivity contribution < 1.29 is 4.39 Å². The number of rotatable bonds is 8. The van der Waals surface area contributed by atoms with E-state index in [1.54, 1.807) is 0 Å². The van der Waals surface area contributed by atoms with Gasteiger partial charge in [-0.05, 0) is 44.5 Å². The summed E-state index contributed by atoms with van der Waals surface area (Å²) in [5.74, 6) is -0.224. The molecule has 0 radical (unpaired) electrons. The Balaban J connectivity index is 2.94. The van der Waals surface area contributed by atoms with Crippen molar-refractivity contribution in [1.82, 2.24) is 4.90 Å². The summed E-state index contributed by atoms with van der Waals surface area (Å²) >= 11 is 3.47. The first-order chi connectivity index (χ1) is 9.51. The molecular weight excluding hydrogens is 319 g/mol. The zero-order valence-electron chi connectivity index (χ0n) is 12.7. The van der Waals surface area contributed by atoms with Crippen molar-refractivity contribution in [2.75, 3.05) is 13.1 Å². The van der Waals surface area contributed by atoms with E-state index in [9.17, 15) is 4.39 Å². The quantitative estimate of drug-likeness (QED) is 0.704. The zero-order chi connectivity index (χ0) is 15.1. The average Bonchev–Trinajstić information content (AvgIpc) is 2.39. The Labute approximate surface area is 130 Å². The van der Waals surface area contributed by atoms with Gasteiger partial charge in [-0.3, -0.25) is 4.90 Å². The third-order valence-electron chi connectivity index (χ3n) is 3.63. The minimum absolute atomic E-state index is 0.127. The predicted molar refractivity (Wildman–Crippen MR) is 87.3 cm³/mol. The van der Waals surface area contributed by atoms with Crippen LogP contribution in [0.5, 0.6) is 0 Å². The molecule has 2 nitrogen and oxygen atoms in total. The summed E-state index contributed by atoms with van der Waals surface area (Å²) in [7, 11) is 0.